The van der Waals surface area contributed by atoms with Gasteiger partial charge in [0.05, 0.1) is 0 Å². The molecular formula is C9H10S. The molecule has 2 aliphatic rings. The van der Waals surface area contributed by atoms with Crippen LogP contribution in [0, 0.1) is 0 Å². The molecule has 0 aliphatic heterocycles. The minimum Gasteiger partial charge on any atom is -0.147 e. The Balaban J connectivity index is 2.43. The van der Waals surface area contributed by atoms with Gasteiger partial charge in [-0.05, 0) is 35.3 Å². The Bertz CT molecular complexity index is 243. The summed E-state index contributed by atoms with van der Waals surface area (Å²) >= 11 is 4.42. The van der Waals surface area contributed by atoms with E-state index in [2.05, 4.69) is 30.9 Å². The van der Waals surface area contributed by atoms with Gasteiger partial charge in [-0.15, -0.1) is 12.6 Å². The van der Waals surface area contributed by atoms with Gasteiger partial charge >= 0.3 is 0 Å². The van der Waals surface area contributed by atoms with Crippen molar-refractivity contribution in [1.82, 2.24) is 0 Å². The summed E-state index contributed by atoms with van der Waals surface area (Å²) in [5, 5.41) is 0. The molecule has 0 spiro atoms. The standard InChI is InChI=1S/C9H10S/c10-9-3-1-2-7-4-5-8(9)6-7/h4-6,10H,1-3H2. The monoisotopic (exact) mass is 150 g/mol. The maximum atomic E-state index is 4.42. The lowest BCUT2D eigenvalue weighted by molar-refractivity contribution is 0.846. The van der Waals surface area contributed by atoms with Crippen molar-refractivity contribution < 1.29 is 0 Å². The molecule has 0 atom stereocenters. The molecule has 0 amide bonds. The van der Waals surface area contributed by atoms with E-state index in [1.54, 1.807) is 0 Å². The highest BCUT2D eigenvalue weighted by atomic mass is 32.1. The molecule has 0 heterocycles. The zero-order valence-corrected chi connectivity index (χ0v) is 6.70. The van der Waals surface area contributed by atoms with Gasteiger partial charge in [0.15, 0.2) is 0 Å². The first-order valence-electron chi connectivity index (χ1n) is 3.67. The van der Waals surface area contributed by atoms with Gasteiger partial charge in [0.2, 0.25) is 0 Å². The van der Waals surface area contributed by atoms with Crippen molar-refractivity contribution in [2.45, 2.75) is 19.3 Å². The van der Waals surface area contributed by atoms with E-state index >= 15 is 0 Å². The first-order chi connectivity index (χ1) is 4.86. The van der Waals surface area contributed by atoms with Crippen LogP contribution in [0.2, 0.25) is 0 Å². The van der Waals surface area contributed by atoms with E-state index in [0.29, 0.717) is 0 Å². The minimum absolute atomic E-state index is 1.16. The van der Waals surface area contributed by atoms with Crippen LogP contribution in [0.25, 0.3) is 0 Å². The van der Waals surface area contributed by atoms with Gasteiger partial charge in [-0.25, -0.2) is 0 Å². The molecule has 0 aromatic rings. The second-order valence-electron chi connectivity index (χ2n) is 2.81. The van der Waals surface area contributed by atoms with E-state index in [1.807, 2.05) is 0 Å². The van der Waals surface area contributed by atoms with Crippen molar-refractivity contribution >= 4 is 12.6 Å². The molecule has 0 N–H and O–H groups in total. The molecule has 0 aromatic carbocycles. The second-order valence-corrected chi connectivity index (χ2v) is 3.35. The Labute approximate surface area is 66.7 Å². The fourth-order valence-corrected chi connectivity index (χ4v) is 1.73. The van der Waals surface area contributed by atoms with Crippen LogP contribution in [-0.4, -0.2) is 0 Å². The zero-order chi connectivity index (χ0) is 6.97. The molecule has 0 aromatic heterocycles. The Morgan fingerprint density at radius 1 is 1.20 bits per heavy atom. The summed E-state index contributed by atoms with van der Waals surface area (Å²) in [6, 6.07) is 0. The fourth-order valence-electron chi connectivity index (χ4n) is 1.43. The predicted octanol–water partition coefficient (Wildman–Crippen LogP) is 2.85. The van der Waals surface area contributed by atoms with Crippen molar-refractivity contribution in [3.05, 3.63) is 34.3 Å². The first kappa shape index (κ1) is 6.29. The summed E-state index contributed by atoms with van der Waals surface area (Å²) in [6.45, 7) is 0. The normalized spacial score (nSPS) is 23.1. The van der Waals surface area contributed by atoms with Gasteiger partial charge in [-0.1, -0.05) is 18.2 Å². The van der Waals surface area contributed by atoms with E-state index in [1.165, 1.54) is 28.9 Å². The summed E-state index contributed by atoms with van der Waals surface area (Å²) in [7, 11) is 0. The van der Waals surface area contributed by atoms with Crippen LogP contribution in [0.4, 0.5) is 0 Å². The Morgan fingerprint density at radius 3 is 3.00 bits per heavy atom. The van der Waals surface area contributed by atoms with Crippen molar-refractivity contribution in [1.29, 1.82) is 0 Å². The third kappa shape index (κ3) is 0.948. The van der Waals surface area contributed by atoms with Crippen molar-refractivity contribution in [3.8, 4) is 0 Å². The molecule has 2 rings (SSSR count). The number of allylic oxidation sites excluding steroid dienone is 6. The number of fused-ring (bicyclic) bond motifs is 1. The SMILES string of the molecule is SC1=C2C=CC(=C2)CCC1. The molecule has 0 saturated carbocycles. The highest BCUT2D eigenvalue weighted by Crippen LogP contribution is 2.30. The number of hydrogen-bond acceptors (Lipinski definition) is 1. The molecule has 2 bridgehead atoms. The molecule has 1 heteroatoms. The molecule has 10 heavy (non-hydrogen) atoms. The molecular weight excluding hydrogens is 140 g/mol. The van der Waals surface area contributed by atoms with Gasteiger partial charge in [-0.2, -0.15) is 0 Å². The van der Waals surface area contributed by atoms with E-state index < -0.39 is 0 Å². The highest BCUT2D eigenvalue weighted by molar-refractivity contribution is 7.84. The molecule has 0 fully saturated rings. The number of thiol groups is 1. The maximum Gasteiger partial charge on any atom is -0.0112 e. The van der Waals surface area contributed by atoms with E-state index in [0.717, 1.165) is 6.42 Å². The van der Waals surface area contributed by atoms with Crippen LogP contribution in [0.15, 0.2) is 34.3 Å². The molecule has 0 unspecified atom stereocenters. The lowest BCUT2D eigenvalue weighted by atomic mass is 10.1. The smallest absolute Gasteiger partial charge is 0.0112 e. The van der Waals surface area contributed by atoms with Crippen molar-refractivity contribution in [2.75, 3.05) is 0 Å². The van der Waals surface area contributed by atoms with Gasteiger partial charge in [-0.3, -0.25) is 0 Å². The molecule has 0 nitrogen and oxygen atoms in total. The van der Waals surface area contributed by atoms with Gasteiger partial charge in [0, 0.05) is 0 Å². The van der Waals surface area contributed by atoms with E-state index in [9.17, 15) is 0 Å². The first-order valence-corrected chi connectivity index (χ1v) is 4.12. The Morgan fingerprint density at radius 2 is 2.10 bits per heavy atom. The van der Waals surface area contributed by atoms with Crippen LogP contribution in [0.5, 0.6) is 0 Å². The average molecular weight is 150 g/mol. The van der Waals surface area contributed by atoms with Crippen molar-refractivity contribution in [2.24, 2.45) is 0 Å². The summed E-state index contributed by atoms with van der Waals surface area (Å²) in [5.74, 6) is 0. The summed E-state index contributed by atoms with van der Waals surface area (Å²) < 4.78 is 0. The second kappa shape index (κ2) is 2.31. The van der Waals surface area contributed by atoms with E-state index in [4.69, 9.17) is 0 Å². The van der Waals surface area contributed by atoms with Gasteiger partial charge < -0.3 is 0 Å². The Kier molecular flexibility index (Phi) is 1.46. The van der Waals surface area contributed by atoms with Crippen LogP contribution < -0.4 is 0 Å². The molecule has 52 valence electrons. The number of hydrogen-bond donors (Lipinski definition) is 1. The third-order valence-electron chi connectivity index (χ3n) is 2.03. The quantitative estimate of drug-likeness (QED) is 0.504. The topological polar surface area (TPSA) is 0 Å². The third-order valence-corrected chi connectivity index (χ3v) is 2.51. The highest BCUT2D eigenvalue weighted by Gasteiger charge is 2.09. The fraction of sp³-hybridized carbons (Fsp3) is 0.333. The molecule has 0 saturated heterocycles. The van der Waals surface area contributed by atoms with Gasteiger partial charge in [0.25, 0.3) is 0 Å². The average Bonchev–Trinajstić information content (AvgIpc) is 2.27. The summed E-state index contributed by atoms with van der Waals surface area (Å²) in [4.78, 5) is 1.25. The van der Waals surface area contributed by atoms with Crippen LogP contribution >= 0.6 is 12.6 Å². The predicted molar refractivity (Wildman–Crippen MR) is 47.1 cm³/mol. The zero-order valence-electron chi connectivity index (χ0n) is 5.80. The van der Waals surface area contributed by atoms with Gasteiger partial charge in [0.1, 0.15) is 0 Å². The lowest BCUT2D eigenvalue weighted by Gasteiger charge is -1.99. The lowest BCUT2D eigenvalue weighted by Crippen LogP contribution is -1.79. The van der Waals surface area contributed by atoms with Crippen LogP contribution in [-0.2, 0) is 0 Å². The summed E-state index contributed by atoms with van der Waals surface area (Å²) in [6.07, 6.45) is 10.3. The Hall–Kier alpha value is -0.430. The van der Waals surface area contributed by atoms with Crippen molar-refractivity contribution in [3.63, 3.8) is 0 Å². The van der Waals surface area contributed by atoms with E-state index in [-0.39, 0.29) is 0 Å². The summed E-state index contributed by atoms with van der Waals surface area (Å²) in [5.41, 5.74) is 2.80. The van der Waals surface area contributed by atoms with Crippen LogP contribution in [0.1, 0.15) is 19.3 Å². The van der Waals surface area contributed by atoms with Crippen LogP contribution in [0.3, 0.4) is 0 Å². The largest absolute Gasteiger partial charge is 0.147 e. The minimum atomic E-state index is 1.16. The maximum absolute atomic E-state index is 4.42. The molecule has 2 aliphatic carbocycles. The molecule has 0 radical (unpaired) electrons. The number of rotatable bonds is 0.